The number of anilines is 1. The molecule has 0 aliphatic rings. The van der Waals surface area contributed by atoms with Crippen LogP contribution in [0.5, 0.6) is 0 Å². The molecule has 0 spiro atoms. The van der Waals surface area contributed by atoms with Crippen molar-refractivity contribution in [3.05, 3.63) is 33.9 Å². The topological polar surface area (TPSA) is 130 Å². The van der Waals surface area contributed by atoms with Crippen LogP contribution in [0.25, 0.3) is 0 Å². The molecule has 1 atom stereocenters. The maximum Gasteiger partial charge on any atom is 0.338 e. The molecule has 0 heterocycles. The third kappa shape index (κ3) is 4.63. The lowest BCUT2D eigenvalue weighted by atomic mass is 10.1. The number of hydrogen-bond acceptors (Lipinski definition) is 6. The van der Waals surface area contributed by atoms with Gasteiger partial charge in [-0.05, 0) is 24.5 Å². The van der Waals surface area contributed by atoms with Gasteiger partial charge >= 0.3 is 11.9 Å². The van der Waals surface area contributed by atoms with Gasteiger partial charge in [0.05, 0.1) is 10.5 Å². The van der Waals surface area contributed by atoms with Crippen molar-refractivity contribution in [3.8, 4) is 0 Å². The first kappa shape index (κ1) is 16.8. The molecule has 9 heteroatoms. The fourth-order valence-electron chi connectivity index (χ4n) is 1.63. The summed E-state index contributed by atoms with van der Waals surface area (Å²) in [7, 11) is 0. The average molecular weight is 314 g/mol. The summed E-state index contributed by atoms with van der Waals surface area (Å²) in [5.41, 5.74) is -0.657. The number of carboxylic acids is 2. The molecular formula is C12H14N2O6S. The Kier molecular flexibility index (Phi) is 5.97. The summed E-state index contributed by atoms with van der Waals surface area (Å²) in [4.78, 5) is 32.2. The summed E-state index contributed by atoms with van der Waals surface area (Å²) in [6, 6.07) is 2.27. The highest BCUT2D eigenvalue weighted by Gasteiger charge is 2.21. The van der Waals surface area contributed by atoms with Gasteiger partial charge in [0.15, 0.2) is 0 Å². The molecule has 8 nitrogen and oxygen atoms in total. The van der Waals surface area contributed by atoms with Crippen LogP contribution in [0.4, 0.5) is 11.4 Å². The number of aliphatic carboxylic acids is 1. The van der Waals surface area contributed by atoms with E-state index in [-0.39, 0.29) is 16.9 Å². The molecule has 0 saturated carbocycles. The molecule has 0 saturated heterocycles. The molecular weight excluding hydrogens is 300 g/mol. The molecule has 0 amide bonds. The Morgan fingerprint density at radius 3 is 2.57 bits per heavy atom. The molecule has 0 aliphatic heterocycles. The van der Waals surface area contributed by atoms with Gasteiger partial charge < -0.3 is 15.5 Å². The fourth-order valence-corrected chi connectivity index (χ4v) is 2.10. The highest BCUT2D eigenvalue weighted by atomic mass is 32.2. The number of nitro benzene ring substituents is 1. The molecule has 1 rings (SSSR count). The van der Waals surface area contributed by atoms with E-state index in [2.05, 4.69) is 5.32 Å². The second kappa shape index (κ2) is 7.48. The van der Waals surface area contributed by atoms with Gasteiger partial charge in [-0.2, -0.15) is 11.8 Å². The first-order valence-electron chi connectivity index (χ1n) is 5.86. The lowest BCUT2D eigenvalue weighted by Gasteiger charge is -2.16. The number of carbonyl (C=O) groups is 2. The van der Waals surface area contributed by atoms with Gasteiger partial charge in [-0.3, -0.25) is 10.1 Å². The Labute approximate surface area is 124 Å². The van der Waals surface area contributed by atoms with E-state index >= 15 is 0 Å². The van der Waals surface area contributed by atoms with E-state index in [1.165, 1.54) is 17.8 Å². The maximum atomic E-state index is 11.1. The fraction of sp³-hybridized carbons (Fsp3) is 0.333. The van der Waals surface area contributed by atoms with E-state index in [1.54, 1.807) is 0 Å². The minimum Gasteiger partial charge on any atom is -0.480 e. The zero-order chi connectivity index (χ0) is 16.0. The summed E-state index contributed by atoms with van der Waals surface area (Å²) in [5.74, 6) is -1.90. The predicted molar refractivity (Wildman–Crippen MR) is 78.1 cm³/mol. The second-order valence-corrected chi connectivity index (χ2v) is 5.09. The normalized spacial score (nSPS) is 11.7. The first-order chi connectivity index (χ1) is 9.86. The number of nitrogens with one attached hydrogen (secondary N) is 1. The minimum absolute atomic E-state index is 0.0432. The van der Waals surface area contributed by atoms with E-state index in [9.17, 15) is 19.7 Å². The number of nitrogens with zero attached hydrogens (tertiary/aromatic N) is 1. The van der Waals surface area contributed by atoms with E-state index in [4.69, 9.17) is 10.2 Å². The van der Waals surface area contributed by atoms with Crippen molar-refractivity contribution in [3.63, 3.8) is 0 Å². The maximum absolute atomic E-state index is 11.1. The number of hydrogen-bond donors (Lipinski definition) is 3. The zero-order valence-corrected chi connectivity index (χ0v) is 11.9. The van der Waals surface area contributed by atoms with Crippen molar-refractivity contribution in [1.29, 1.82) is 0 Å². The highest BCUT2D eigenvalue weighted by Crippen LogP contribution is 2.23. The van der Waals surface area contributed by atoms with Crippen LogP contribution in [0.3, 0.4) is 0 Å². The summed E-state index contributed by atoms with van der Waals surface area (Å²) < 4.78 is 0. The number of benzene rings is 1. The van der Waals surface area contributed by atoms with Gasteiger partial charge in [-0.15, -0.1) is 0 Å². The molecule has 0 aromatic heterocycles. The minimum atomic E-state index is -1.37. The van der Waals surface area contributed by atoms with Crippen molar-refractivity contribution in [2.45, 2.75) is 12.5 Å². The quantitative estimate of drug-likeness (QED) is 0.490. The molecule has 0 aliphatic carbocycles. The van der Waals surface area contributed by atoms with Crippen LogP contribution in [0.1, 0.15) is 16.8 Å². The Bertz CT molecular complexity index is 563. The van der Waals surface area contributed by atoms with Crippen LogP contribution in [0, 0.1) is 10.1 Å². The standard InChI is InChI=1S/C12H14N2O6S/c1-21-5-4-10(12(17)18)13-9-3-2-7(14(19)20)6-8(9)11(15)16/h2-3,6,10,13H,4-5H2,1H3,(H,15,16)(H,17,18). The Hall–Kier alpha value is -2.29. The van der Waals surface area contributed by atoms with Crippen LogP contribution in [-0.2, 0) is 4.79 Å². The second-order valence-electron chi connectivity index (χ2n) is 4.11. The molecule has 114 valence electrons. The van der Waals surface area contributed by atoms with Gasteiger partial charge in [0.1, 0.15) is 6.04 Å². The number of non-ortho nitro benzene ring substituents is 1. The molecule has 0 fully saturated rings. The molecule has 1 unspecified atom stereocenters. The number of carboxylic acid groups (broad SMARTS) is 2. The van der Waals surface area contributed by atoms with Crippen LogP contribution in [0.2, 0.25) is 0 Å². The summed E-state index contributed by atoms with van der Waals surface area (Å²) in [6.45, 7) is 0. The number of thioether (sulfide) groups is 1. The van der Waals surface area contributed by atoms with Gasteiger partial charge in [-0.1, -0.05) is 0 Å². The van der Waals surface area contributed by atoms with E-state index in [0.29, 0.717) is 12.2 Å². The smallest absolute Gasteiger partial charge is 0.338 e. The van der Waals surface area contributed by atoms with Crippen molar-refractivity contribution in [2.24, 2.45) is 0 Å². The Morgan fingerprint density at radius 2 is 2.10 bits per heavy atom. The predicted octanol–water partition coefficient (Wildman–Crippen LogP) is 1.91. The monoisotopic (exact) mass is 314 g/mol. The van der Waals surface area contributed by atoms with Gasteiger partial charge in [0.2, 0.25) is 0 Å². The summed E-state index contributed by atoms with van der Waals surface area (Å²) in [5, 5.41) is 31.5. The van der Waals surface area contributed by atoms with Crippen LogP contribution < -0.4 is 5.32 Å². The molecule has 0 radical (unpaired) electrons. The van der Waals surface area contributed by atoms with Crippen LogP contribution in [0.15, 0.2) is 18.2 Å². The number of nitro groups is 1. The Balaban J connectivity index is 3.07. The van der Waals surface area contributed by atoms with Crippen LogP contribution >= 0.6 is 11.8 Å². The number of aromatic carboxylic acids is 1. The molecule has 1 aromatic rings. The molecule has 3 N–H and O–H groups in total. The third-order valence-electron chi connectivity index (χ3n) is 2.68. The van der Waals surface area contributed by atoms with Crippen molar-refractivity contribution < 1.29 is 24.7 Å². The largest absolute Gasteiger partial charge is 0.480 e. The van der Waals surface area contributed by atoms with E-state index < -0.39 is 22.9 Å². The van der Waals surface area contributed by atoms with Crippen molar-refractivity contribution in [1.82, 2.24) is 0 Å². The first-order valence-corrected chi connectivity index (χ1v) is 7.26. The van der Waals surface area contributed by atoms with E-state index in [1.807, 2.05) is 6.26 Å². The third-order valence-corrected chi connectivity index (χ3v) is 3.33. The van der Waals surface area contributed by atoms with E-state index in [0.717, 1.165) is 12.1 Å². The molecule has 21 heavy (non-hydrogen) atoms. The SMILES string of the molecule is CSCCC(Nc1ccc([N+](=O)[O-])cc1C(=O)O)C(=O)O. The van der Waals surface area contributed by atoms with Crippen LogP contribution in [-0.4, -0.2) is 45.1 Å². The van der Waals surface area contributed by atoms with Crippen molar-refractivity contribution in [2.75, 3.05) is 17.3 Å². The number of rotatable bonds is 8. The van der Waals surface area contributed by atoms with Gasteiger partial charge in [-0.25, -0.2) is 9.59 Å². The van der Waals surface area contributed by atoms with Crippen molar-refractivity contribution >= 4 is 35.1 Å². The van der Waals surface area contributed by atoms with Gasteiger partial charge in [0, 0.05) is 17.8 Å². The Morgan fingerprint density at radius 1 is 1.43 bits per heavy atom. The lowest BCUT2D eigenvalue weighted by molar-refractivity contribution is -0.384. The highest BCUT2D eigenvalue weighted by molar-refractivity contribution is 7.98. The lowest BCUT2D eigenvalue weighted by Crippen LogP contribution is -2.30. The molecule has 1 aromatic carbocycles. The van der Waals surface area contributed by atoms with Gasteiger partial charge in [0.25, 0.3) is 5.69 Å². The molecule has 0 bridgehead atoms. The summed E-state index contributed by atoms with van der Waals surface area (Å²) >= 11 is 1.47. The zero-order valence-electron chi connectivity index (χ0n) is 11.1. The summed E-state index contributed by atoms with van der Waals surface area (Å²) in [6.07, 6.45) is 2.13. The average Bonchev–Trinajstić information content (AvgIpc) is 2.42.